The standard InChI is InChI=1S/C20H18Cl2FN3OS/c1-11-19(24-20(27)16-9-15(28-3)6-7-17(16)21)12(2)26(25-11)10-13-4-5-14(23)8-18(13)22/h4-9H,10H2,1-3H3,(H,24,27). The van der Waals surface area contributed by atoms with E-state index in [1.807, 2.05) is 26.2 Å². The predicted molar refractivity (Wildman–Crippen MR) is 113 cm³/mol. The Labute approximate surface area is 177 Å². The van der Waals surface area contributed by atoms with E-state index >= 15 is 0 Å². The number of thioether (sulfide) groups is 1. The number of hydrogen-bond donors (Lipinski definition) is 1. The van der Waals surface area contributed by atoms with Gasteiger partial charge in [-0.3, -0.25) is 9.48 Å². The number of rotatable bonds is 5. The van der Waals surface area contributed by atoms with Crippen molar-refractivity contribution in [2.75, 3.05) is 11.6 Å². The maximum absolute atomic E-state index is 13.3. The Morgan fingerprint density at radius 3 is 2.61 bits per heavy atom. The molecule has 0 radical (unpaired) electrons. The molecule has 0 saturated carbocycles. The average Bonchev–Trinajstić information content (AvgIpc) is 2.91. The zero-order valence-electron chi connectivity index (χ0n) is 15.5. The molecule has 1 N–H and O–H groups in total. The topological polar surface area (TPSA) is 46.9 Å². The molecule has 1 heterocycles. The molecule has 0 spiro atoms. The van der Waals surface area contributed by atoms with E-state index in [1.165, 1.54) is 23.9 Å². The number of benzene rings is 2. The molecule has 28 heavy (non-hydrogen) atoms. The number of aromatic nitrogens is 2. The van der Waals surface area contributed by atoms with Crippen molar-refractivity contribution in [3.05, 3.63) is 74.8 Å². The number of hydrogen-bond acceptors (Lipinski definition) is 3. The fourth-order valence-electron chi connectivity index (χ4n) is 2.83. The van der Waals surface area contributed by atoms with Crippen molar-refractivity contribution in [1.82, 2.24) is 9.78 Å². The molecular formula is C20H18Cl2FN3OS. The zero-order valence-corrected chi connectivity index (χ0v) is 17.8. The minimum atomic E-state index is -0.389. The summed E-state index contributed by atoms with van der Waals surface area (Å²) in [6, 6.07) is 9.59. The zero-order chi connectivity index (χ0) is 20.4. The van der Waals surface area contributed by atoms with Gasteiger partial charge < -0.3 is 5.32 Å². The van der Waals surface area contributed by atoms with Crippen LogP contribution in [0, 0.1) is 19.7 Å². The third-order valence-electron chi connectivity index (χ3n) is 4.37. The van der Waals surface area contributed by atoms with Crippen LogP contribution >= 0.6 is 35.0 Å². The van der Waals surface area contributed by atoms with Crippen molar-refractivity contribution in [2.45, 2.75) is 25.3 Å². The van der Waals surface area contributed by atoms with Crippen LogP contribution in [0.5, 0.6) is 0 Å². The highest BCUT2D eigenvalue weighted by molar-refractivity contribution is 7.98. The lowest BCUT2D eigenvalue weighted by molar-refractivity contribution is 0.102. The lowest BCUT2D eigenvalue weighted by Crippen LogP contribution is -2.14. The molecule has 0 saturated heterocycles. The summed E-state index contributed by atoms with van der Waals surface area (Å²) < 4.78 is 15.0. The Bertz CT molecular complexity index is 1050. The number of aryl methyl sites for hydroxylation is 1. The number of carbonyl (C=O) groups excluding carboxylic acids is 1. The number of halogens is 3. The van der Waals surface area contributed by atoms with Gasteiger partial charge in [-0.25, -0.2) is 4.39 Å². The molecule has 3 rings (SSSR count). The van der Waals surface area contributed by atoms with E-state index in [0.29, 0.717) is 33.5 Å². The van der Waals surface area contributed by atoms with E-state index in [1.54, 1.807) is 22.9 Å². The highest BCUT2D eigenvalue weighted by atomic mass is 35.5. The summed E-state index contributed by atoms with van der Waals surface area (Å²) in [6.45, 7) is 4.03. The molecular weight excluding hydrogens is 420 g/mol. The van der Waals surface area contributed by atoms with Gasteiger partial charge in [0.1, 0.15) is 5.82 Å². The van der Waals surface area contributed by atoms with Crippen molar-refractivity contribution >= 4 is 46.6 Å². The molecule has 0 atom stereocenters. The molecule has 0 fully saturated rings. The molecule has 0 aliphatic rings. The van der Waals surface area contributed by atoms with Gasteiger partial charge in [0.05, 0.1) is 34.2 Å². The van der Waals surface area contributed by atoms with Gasteiger partial charge in [0.2, 0.25) is 0 Å². The van der Waals surface area contributed by atoms with Gasteiger partial charge in [-0.15, -0.1) is 11.8 Å². The first-order valence-electron chi connectivity index (χ1n) is 8.43. The number of anilines is 1. The molecule has 1 amide bonds. The van der Waals surface area contributed by atoms with Crippen LogP contribution in [-0.4, -0.2) is 21.9 Å². The summed E-state index contributed by atoms with van der Waals surface area (Å²) >= 11 is 13.9. The molecule has 2 aromatic carbocycles. The van der Waals surface area contributed by atoms with Crippen molar-refractivity contribution in [3.63, 3.8) is 0 Å². The van der Waals surface area contributed by atoms with Crippen molar-refractivity contribution in [3.8, 4) is 0 Å². The van der Waals surface area contributed by atoms with Crippen LogP contribution in [-0.2, 0) is 6.54 Å². The molecule has 8 heteroatoms. The Balaban J connectivity index is 1.87. The van der Waals surface area contributed by atoms with E-state index in [4.69, 9.17) is 23.2 Å². The van der Waals surface area contributed by atoms with Crippen molar-refractivity contribution in [2.24, 2.45) is 0 Å². The second-order valence-corrected chi connectivity index (χ2v) is 7.93. The molecule has 0 aliphatic carbocycles. The highest BCUT2D eigenvalue weighted by Crippen LogP contribution is 2.27. The molecule has 0 unspecified atom stereocenters. The maximum atomic E-state index is 13.3. The summed E-state index contributed by atoms with van der Waals surface area (Å²) in [6.07, 6.45) is 1.93. The van der Waals surface area contributed by atoms with E-state index in [-0.39, 0.29) is 11.7 Å². The summed E-state index contributed by atoms with van der Waals surface area (Å²) in [7, 11) is 0. The minimum absolute atomic E-state index is 0.300. The Morgan fingerprint density at radius 1 is 1.18 bits per heavy atom. The fraction of sp³-hybridized carbons (Fsp3) is 0.200. The average molecular weight is 438 g/mol. The van der Waals surface area contributed by atoms with Gasteiger partial charge in [0.25, 0.3) is 5.91 Å². The Hall–Kier alpha value is -2.02. The molecule has 4 nitrogen and oxygen atoms in total. The minimum Gasteiger partial charge on any atom is -0.319 e. The quantitative estimate of drug-likeness (QED) is 0.500. The van der Waals surface area contributed by atoms with Crippen LogP contribution in [0.25, 0.3) is 0 Å². The second-order valence-electron chi connectivity index (χ2n) is 6.24. The second kappa shape index (κ2) is 8.55. The van der Waals surface area contributed by atoms with Crippen molar-refractivity contribution < 1.29 is 9.18 Å². The first kappa shape index (κ1) is 20.7. The van der Waals surface area contributed by atoms with Crippen LogP contribution in [0.2, 0.25) is 10.0 Å². The van der Waals surface area contributed by atoms with E-state index < -0.39 is 0 Å². The summed E-state index contributed by atoms with van der Waals surface area (Å²) in [4.78, 5) is 13.7. The lowest BCUT2D eigenvalue weighted by atomic mass is 10.2. The number of nitrogens with zero attached hydrogens (tertiary/aromatic N) is 2. The molecule has 1 aromatic heterocycles. The Morgan fingerprint density at radius 2 is 1.93 bits per heavy atom. The smallest absolute Gasteiger partial charge is 0.257 e. The van der Waals surface area contributed by atoms with E-state index in [2.05, 4.69) is 10.4 Å². The van der Waals surface area contributed by atoms with E-state index in [0.717, 1.165) is 16.2 Å². The molecule has 0 bridgehead atoms. The van der Waals surface area contributed by atoms with Gasteiger partial charge in [-0.1, -0.05) is 29.3 Å². The first-order valence-corrected chi connectivity index (χ1v) is 10.4. The van der Waals surface area contributed by atoms with Gasteiger partial charge in [-0.05, 0) is 56.0 Å². The monoisotopic (exact) mass is 437 g/mol. The van der Waals surface area contributed by atoms with Crippen LogP contribution in [0.15, 0.2) is 41.3 Å². The lowest BCUT2D eigenvalue weighted by Gasteiger charge is -2.10. The predicted octanol–water partition coefficient (Wildman–Crippen LogP) is 5.97. The summed E-state index contributed by atoms with van der Waals surface area (Å²) in [5.74, 6) is -0.689. The maximum Gasteiger partial charge on any atom is 0.257 e. The van der Waals surface area contributed by atoms with Crippen LogP contribution < -0.4 is 5.32 Å². The largest absolute Gasteiger partial charge is 0.319 e. The van der Waals surface area contributed by atoms with Crippen LogP contribution in [0.1, 0.15) is 27.3 Å². The molecule has 0 aliphatic heterocycles. The van der Waals surface area contributed by atoms with Gasteiger partial charge in [0.15, 0.2) is 0 Å². The first-order chi connectivity index (χ1) is 13.3. The number of nitrogens with one attached hydrogen (secondary N) is 1. The molecule has 146 valence electrons. The normalized spacial score (nSPS) is 10.9. The van der Waals surface area contributed by atoms with Gasteiger partial charge >= 0.3 is 0 Å². The third kappa shape index (κ3) is 4.35. The fourth-order valence-corrected chi connectivity index (χ4v) is 3.70. The number of amides is 1. The Kier molecular flexibility index (Phi) is 6.33. The third-order valence-corrected chi connectivity index (χ3v) is 5.78. The summed E-state index contributed by atoms with van der Waals surface area (Å²) in [5, 5.41) is 8.11. The number of carbonyl (C=O) groups is 1. The van der Waals surface area contributed by atoms with Gasteiger partial charge in [-0.2, -0.15) is 5.10 Å². The van der Waals surface area contributed by atoms with Crippen molar-refractivity contribution in [1.29, 1.82) is 0 Å². The van der Waals surface area contributed by atoms with Crippen LogP contribution in [0.4, 0.5) is 10.1 Å². The van der Waals surface area contributed by atoms with Crippen LogP contribution in [0.3, 0.4) is 0 Å². The highest BCUT2D eigenvalue weighted by Gasteiger charge is 2.18. The summed E-state index contributed by atoms with van der Waals surface area (Å²) in [5.41, 5.74) is 3.20. The van der Waals surface area contributed by atoms with Gasteiger partial charge in [0, 0.05) is 9.92 Å². The van der Waals surface area contributed by atoms with E-state index in [9.17, 15) is 9.18 Å². The SMILES string of the molecule is CSc1ccc(Cl)c(C(=O)Nc2c(C)nn(Cc3ccc(F)cc3Cl)c2C)c1. The molecule has 3 aromatic rings.